The molecule has 2 spiro atoms. The van der Waals surface area contributed by atoms with Gasteiger partial charge in [0.2, 0.25) is 5.91 Å². The summed E-state index contributed by atoms with van der Waals surface area (Å²) < 4.78 is 18.3. The molecule has 2 fully saturated rings. The average Bonchev–Trinajstić information content (AvgIpc) is 3.30. The maximum absolute atomic E-state index is 13.9. The lowest BCUT2D eigenvalue weighted by Crippen LogP contribution is -2.79. The second-order valence-corrected chi connectivity index (χ2v) is 13.7. The number of likely N-dealkylation sites (tertiary alicyclic amines) is 1. The lowest BCUT2D eigenvalue weighted by molar-refractivity contribution is -0.213. The molecule has 4 aliphatic carbocycles. The number of phenolic OH excluding ortho intramolecular Hbond substituents is 1. The molecule has 1 aromatic carbocycles. The van der Waals surface area contributed by atoms with E-state index in [9.17, 15) is 14.7 Å². The fraction of sp³-hybridized carbons (Fsp3) is 0.688. The predicted molar refractivity (Wildman–Crippen MR) is 154 cm³/mol. The number of amides is 2. The first-order valence-electron chi connectivity index (χ1n) is 15.2. The van der Waals surface area contributed by atoms with E-state index in [1.165, 1.54) is 5.56 Å². The van der Waals surface area contributed by atoms with Crippen LogP contribution in [-0.2, 0) is 26.1 Å². The minimum Gasteiger partial charge on any atom is -0.504 e. The van der Waals surface area contributed by atoms with Crippen molar-refractivity contribution in [3.63, 3.8) is 0 Å². The van der Waals surface area contributed by atoms with Crippen LogP contribution in [0.15, 0.2) is 24.3 Å². The molecule has 1 saturated heterocycles. The van der Waals surface area contributed by atoms with Gasteiger partial charge >= 0.3 is 6.09 Å². The zero-order valence-electron chi connectivity index (χ0n) is 25.0. The van der Waals surface area contributed by atoms with E-state index in [1.54, 1.807) is 13.2 Å². The van der Waals surface area contributed by atoms with Crippen LogP contribution < -0.4 is 15.4 Å². The largest absolute Gasteiger partial charge is 0.504 e. The first kappa shape index (κ1) is 28.3. The van der Waals surface area contributed by atoms with Crippen LogP contribution in [-0.4, -0.2) is 79.1 Å². The number of piperidine rings is 1. The molecule has 6 atom stereocenters. The summed E-state index contributed by atoms with van der Waals surface area (Å²) in [5.74, 6) is 0.383. The van der Waals surface area contributed by atoms with E-state index in [0.717, 1.165) is 50.6 Å². The number of methoxy groups -OCH3 is 1. The monoisotopic (exact) mass is 567 g/mol. The van der Waals surface area contributed by atoms with E-state index in [1.807, 2.05) is 20.8 Å². The van der Waals surface area contributed by atoms with E-state index in [0.29, 0.717) is 25.3 Å². The molecule has 0 unspecified atom stereocenters. The average molecular weight is 568 g/mol. The molecule has 0 aromatic heterocycles. The lowest BCUT2D eigenvalue weighted by atomic mass is 9.37. The summed E-state index contributed by atoms with van der Waals surface area (Å²) in [5, 5.41) is 16.9. The Bertz CT molecular complexity index is 1260. The van der Waals surface area contributed by atoms with Crippen molar-refractivity contribution in [1.29, 1.82) is 0 Å². The quantitative estimate of drug-likeness (QED) is 0.308. The number of hydrogen-bond acceptors (Lipinski definition) is 7. The Kier molecular flexibility index (Phi) is 6.85. The summed E-state index contributed by atoms with van der Waals surface area (Å²) in [6, 6.07) is 4.06. The molecule has 2 heterocycles. The highest BCUT2D eigenvalue weighted by Gasteiger charge is 2.79. The highest BCUT2D eigenvalue weighted by atomic mass is 16.6. The van der Waals surface area contributed by atoms with Crippen LogP contribution in [0.1, 0.15) is 70.4 Å². The zero-order valence-corrected chi connectivity index (χ0v) is 25.0. The van der Waals surface area contributed by atoms with Crippen LogP contribution in [0.4, 0.5) is 4.79 Å². The van der Waals surface area contributed by atoms with Gasteiger partial charge in [0.05, 0.1) is 11.3 Å². The molecule has 1 aromatic rings. The smallest absolute Gasteiger partial charge is 0.407 e. The van der Waals surface area contributed by atoms with Crippen molar-refractivity contribution in [1.82, 2.24) is 15.5 Å². The topological polar surface area (TPSA) is 109 Å². The fourth-order valence-corrected chi connectivity index (χ4v) is 8.80. The molecule has 224 valence electrons. The van der Waals surface area contributed by atoms with E-state index in [-0.39, 0.29) is 46.6 Å². The Hall–Kier alpha value is -2.78. The molecule has 4 bridgehead atoms. The number of carbonyl (C=O) groups is 2. The van der Waals surface area contributed by atoms with Gasteiger partial charge < -0.3 is 34.9 Å². The number of nitrogens with one attached hydrogen (secondary N) is 2. The number of unbranched alkanes of at least 4 members (excludes halogenated alkanes) is 3. The number of carbonyl (C=O) groups excluding carboxylic acids is 2. The minimum absolute atomic E-state index is 0.00678. The van der Waals surface area contributed by atoms with Crippen molar-refractivity contribution in [3.8, 4) is 11.5 Å². The van der Waals surface area contributed by atoms with E-state index >= 15 is 0 Å². The minimum atomic E-state index is -0.903. The van der Waals surface area contributed by atoms with Crippen molar-refractivity contribution in [2.45, 2.75) is 94.5 Å². The third kappa shape index (κ3) is 4.09. The number of aromatic hydroxyl groups is 1. The molecule has 2 aliphatic heterocycles. The second kappa shape index (κ2) is 9.90. The molecule has 0 radical (unpaired) electrons. The van der Waals surface area contributed by atoms with Crippen molar-refractivity contribution in [2.75, 3.05) is 33.8 Å². The molecular formula is C32H45N3O6. The lowest BCUT2D eigenvalue weighted by Gasteiger charge is -2.70. The molecule has 3 N–H and O–H groups in total. The summed E-state index contributed by atoms with van der Waals surface area (Å²) in [5.41, 5.74) is 0.414. The Balaban J connectivity index is 1.12. The van der Waals surface area contributed by atoms with Crippen LogP contribution in [0.25, 0.3) is 0 Å². The van der Waals surface area contributed by atoms with E-state index < -0.39 is 11.2 Å². The molecule has 9 nitrogen and oxygen atoms in total. The van der Waals surface area contributed by atoms with Crippen molar-refractivity contribution in [2.24, 2.45) is 11.3 Å². The van der Waals surface area contributed by atoms with Crippen LogP contribution in [0, 0.1) is 11.3 Å². The number of benzene rings is 1. The third-order valence-corrected chi connectivity index (χ3v) is 10.5. The number of ether oxygens (including phenoxy) is 3. The van der Waals surface area contributed by atoms with Gasteiger partial charge in [0, 0.05) is 37.2 Å². The molecule has 1 saturated carbocycles. The maximum Gasteiger partial charge on any atom is 0.407 e. The van der Waals surface area contributed by atoms with E-state index in [4.69, 9.17) is 14.2 Å². The van der Waals surface area contributed by atoms with Gasteiger partial charge in [-0.2, -0.15) is 0 Å². The molecule has 6 aliphatic rings. The summed E-state index contributed by atoms with van der Waals surface area (Å²) >= 11 is 0. The standard InChI is InChI=1S/C32H45N3O6/c1-29(2,3)41-28(38)34-16-9-7-6-8-15-33-26(37)21-19-30-12-13-32(21,39-5)27-31(30)14-17-35(4)23(30)18-20-10-11-22(36)25(40-27)24(20)31/h10-13,21,23,27,36H,6-9,14-19H2,1-5H3,(H,33,37)(H,34,38)/t21-,23-,27-,30-,31+,32-/m1/s1. The Morgan fingerprint density at radius 2 is 1.85 bits per heavy atom. The summed E-state index contributed by atoms with van der Waals surface area (Å²) in [4.78, 5) is 28.1. The highest BCUT2D eigenvalue weighted by molar-refractivity contribution is 5.82. The Morgan fingerprint density at radius 3 is 2.56 bits per heavy atom. The summed E-state index contributed by atoms with van der Waals surface area (Å²) in [7, 11) is 3.88. The molecule has 9 heteroatoms. The third-order valence-electron chi connectivity index (χ3n) is 10.5. The zero-order chi connectivity index (χ0) is 29.2. The van der Waals surface area contributed by atoms with Gasteiger partial charge in [0.25, 0.3) is 0 Å². The van der Waals surface area contributed by atoms with Crippen LogP contribution in [0.2, 0.25) is 0 Å². The second-order valence-electron chi connectivity index (χ2n) is 13.7. The summed E-state index contributed by atoms with van der Waals surface area (Å²) in [6.07, 6.45) is 9.81. The SMILES string of the molecule is CO[C@]12C=C[C@@]3(C[C@@H]1C(=O)NCCCCCCNC(=O)OC(C)(C)C)[C@H]1Cc4ccc(O)c5c4[C@@]3(CCN1C)[C@H]2O5. The molecule has 7 rings (SSSR count). The number of hydrogen-bond donors (Lipinski definition) is 3. The van der Waals surface area contributed by atoms with Gasteiger partial charge in [0.15, 0.2) is 11.5 Å². The number of nitrogens with zero attached hydrogens (tertiary/aromatic N) is 1. The van der Waals surface area contributed by atoms with Gasteiger partial charge in [-0.25, -0.2) is 4.79 Å². The first-order valence-corrected chi connectivity index (χ1v) is 15.2. The predicted octanol–water partition coefficient (Wildman–Crippen LogP) is 3.81. The van der Waals surface area contributed by atoms with Gasteiger partial charge in [-0.3, -0.25) is 4.79 Å². The van der Waals surface area contributed by atoms with Gasteiger partial charge in [-0.15, -0.1) is 0 Å². The summed E-state index contributed by atoms with van der Waals surface area (Å²) in [6.45, 7) is 7.66. The van der Waals surface area contributed by atoms with Crippen LogP contribution in [0.5, 0.6) is 11.5 Å². The van der Waals surface area contributed by atoms with Crippen molar-refractivity contribution in [3.05, 3.63) is 35.4 Å². The fourth-order valence-electron chi connectivity index (χ4n) is 8.80. The number of rotatable bonds is 9. The number of fused-ring (bicyclic) bond motifs is 1. The molecular weight excluding hydrogens is 522 g/mol. The van der Waals surface area contributed by atoms with Crippen LogP contribution in [0.3, 0.4) is 0 Å². The van der Waals surface area contributed by atoms with Crippen molar-refractivity contribution >= 4 is 12.0 Å². The van der Waals surface area contributed by atoms with Crippen molar-refractivity contribution < 1.29 is 28.9 Å². The number of alkyl carbamates (subject to hydrolysis) is 1. The molecule has 41 heavy (non-hydrogen) atoms. The first-order chi connectivity index (χ1) is 19.5. The van der Waals surface area contributed by atoms with Gasteiger partial charge in [-0.1, -0.05) is 31.1 Å². The van der Waals surface area contributed by atoms with E-state index in [2.05, 4.69) is 40.8 Å². The van der Waals surface area contributed by atoms with Gasteiger partial charge in [0.1, 0.15) is 17.3 Å². The number of likely N-dealkylation sites (N-methyl/N-ethyl adjacent to an activating group) is 1. The van der Waals surface area contributed by atoms with Gasteiger partial charge in [-0.05, 0) is 78.1 Å². The number of phenols is 1. The Labute approximate surface area is 243 Å². The normalized spacial score (nSPS) is 34.1. The Morgan fingerprint density at radius 1 is 1.12 bits per heavy atom. The molecule has 2 amide bonds. The van der Waals surface area contributed by atoms with Crippen LogP contribution >= 0.6 is 0 Å². The maximum atomic E-state index is 13.9. The highest BCUT2D eigenvalue weighted by Crippen LogP contribution is 2.74.